The van der Waals surface area contributed by atoms with Crippen molar-refractivity contribution < 1.29 is 4.79 Å². The van der Waals surface area contributed by atoms with Gasteiger partial charge in [0.05, 0.1) is 0 Å². The molecule has 1 N–H and O–H groups in total. The van der Waals surface area contributed by atoms with Crippen molar-refractivity contribution in [1.82, 2.24) is 10.2 Å². The number of hydrogen-bond donors (Lipinski definition) is 1. The lowest BCUT2D eigenvalue weighted by Crippen LogP contribution is -2.40. The summed E-state index contributed by atoms with van der Waals surface area (Å²) < 4.78 is 0. The van der Waals surface area contributed by atoms with Gasteiger partial charge in [-0.25, -0.2) is 4.79 Å². The monoisotopic (exact) mass is 366 g/mol. The van der Waals surface area contributed by atoms with Gasteiger partial charge in [-0.3, -0.25) is 0 Å². The van der Waals surface area contributed by atoms with Gasteiger partial charge in [0.2, 0.25) is 0 Å². The molecule has 1 atom stereocenters. The van der Waals surface area contributed by atoms with E-state index in [1.54, 1.807) is 11.3 Å². The highest BCUT2D eigenvalue weighted by Crippen LogP contribution is 2.36. The number of benzene rings is 1. The van der Waals surface area contributed by atoms with Crippen LogP contribution in [0.4, 0.5) is 4.79 Å². The van der Waals surface area contributed by atoms with Crippen LogP contribution in [0.15, 0.2) is 41.8 Å². The molecule has 1 unspecified atom stereocenters. The summed E-state index contributed by atoms with van der Waals surface area (Å²) in [5, 5.41) is 6.36. The first-order valence-corrected chi connectivity index (χ1v) is 9.95. The number of nitrogens with zero attached hydrogens (tertiary/aromatic N) is 1. The number of nitrogens with one attached hydrogen (secondary N) is 1. The minimum absolute atomic E-state index is 0.0207. The molecular formula is C17H19ClN2OS2. The van der Waals surface area contributed by atoms with Crippen molar-refractivity contribution >= 4 is 40.7 Å². The third kappa shape index (κ3) is 4.66. The van der Waals surface area contributed by atoms with E-state index in [1.807, 2.05) is 40.9 Å². The van der Waals surface area contributed by atoms with E-state index in [4.69, 9.17) is 11.6 Å². The molecule has 1 fully saturated rings. The Bertz CT molecular complexity index is 631. The number of hydrogen-bond acceptors (Lipinski definition) is 3. The van der Waals surface area contributed by atoms with Crippen molar-refractivity contribution in [2.45, 2.75) is 18.2 Å². The highest BCUT2D eigenvalue weighted by molar-refractivity contribution is 7.99. The second-order valence-corrected chi connectivity index (χ2v) is 8.16. The molecular weight excluding hydrogens is 348 g/mol. The fourth-order valence-electron chi connectivity index (χ4n) is 2.57. The van der Waals surface area contributed by atoms with E-state index < -0.39 is 0 Å². The molecule has 1 aliphatic rings. The lowest BCUT2D eigenvalue weighted by atomic mass is 10.2. The van der Waals surface area contributed by atoms with Gasteiger partial charge in [-0.2, -0.15) is 11.8 Å². The largest absolute Gasteiger partial charge is 0.334 e. The van der Waals surface area contributed by atoms with Crippen LogP contribution in [0.25, 0.3) is 0 Å². The van der Waals surface area contributed by atoms with Crippen LogP contribution >= 0.6 is 34.7 Å². The van der Waals surface area contributed by atoms with Crippen molar-refractivity contribution in [3.63, 3.8) is 0 Å². The maximum absolute atomic E-state index is 12.4. The SMILES string of the molecule is O=C(NCc1ccc(Cl)cc1)N1CCSC(c2cccs2)CC1. The second kappa shape index (κ2) is 8.08. The summed E-state index contributed by atoms with van der Waals surface area (Å²) in [6.45, 7) is 2.15. The van der Waals surface area contributed by atoms with E-state index >= 15 is 0 Å². The third-order valence-corrected chi connectivity index (χ3v) is 6.54. The second-order valence-electron chi connectivity index (χ2n) is 5.44. The van der Waals surface area contributed by atoms with Crippen LogP contribution < -0.4 is 5.32 Å². The molecule has 0 aliphatic carbocycles. The van der Waals surface area contributed by atoms with Gasteiger partial charge >= 0.3 is 6.03 Å². The molecule has 3 nitrogen and oxygen atoms in total. The molecule has 23 heavy (non-hydrogen) atoms. The molecule has 0 radical (unpaired) electrons. The maximum atomic E-state index is 12.4. The molecule has 1 aromatic carbocycles. The van der Waals surface area contributed by atoms with Gasteiger partial charge < -0.3 is 10.2 Å². The summed E-state index contributed by atoms with van der Waals surface area (Å²) >= 11 is 9.63. The van der Waals surface area contributed by atoms with Gasteiger partial charge in [0.25, 0.3) is 0 Å². The Hall–Kier alpha value is -1.17. The van der Waals surface area contributed by atoms with E-state index in [0.29, 0.717) is 16.8 Å². The van der Waals surface area contributed by atoms with E-state index in [1.165, 1.54) is 4.88 Å². The van der Waals surface area contributed by atoms with Gasteiger partial charge in [-0.1, -0.05) is 29.8 Å². The summed E-state index contributed by atoms with van der Waals surface area (Å²) in [5.41, 5.74) is 1.06. The molecule has 1 saturated heterocycles. The minimum Gasteiger partial charge on any atom is -0.334 e. The van der Waals surface area contributed by atoms with Crippen molar-refractivity contribution in [3.05, 3.63) is 57.2 Å². The van der Waals surface area contributed by atoms with Gasteiger partial charge in [-0.15, -0.1) is 11.3 Å². The predicted octanol–water partition coefficient (Wildman–Crippen LogP) is 4.79. The third-order valence-electron chi connectivity index (χ3n) is 3.85. The van der Waals surface area contributed by atoms with Crippen molar-refractivity contribution in [2.75, 3.05) is 18.8 Å². The number of rotatable bonds is 3. The predicted molar refractivity (Wildman–Crippen MR) is 99.4 cm³/mol. The average Bonchev–Trinajstić information content (AvgIpc) is 2.98. The molecule has 1 aliphatic heterocycles. The van der Waals surface area contributed by atoms with E-state index in [0.717, 1.165) is 30.8 Å². The lowest BCUT2D eigenvalue weighted by Gasteiger charge is -2.20. The zero-order chi connectivity index (χ0) is 16.1. The Morgan fingerprint density at radius 2 is 2.09 bits per heavy atom. The molecule has 2 amide bonds. The number of carbonyl (C=O) groups excluding carboxylic acids is 1. The molecule has 2 heterocycles. The molecule has 3 rings (SSSR count). The Labute approximate surface area is 150 Å². The number of thiophene rings is 1. The first kappa shape index (κ1) is 16.7. The van der Waals surface area contributed by atoms with Crippen molar-refractivity contribution in [3.8, 4) is 0 Å². The van der Waals surface area contributed by atoms with E-state index in [9.17, 15) is 4.79 Å². The van der Waals surface area contributed by atoms with Crippen molar-refractivity contribution in [1.29, 1.82) is 0 Å². The number of thioether (sulfide) groups is 1. The number of halogens is 1. The first-order valence-electron chi connectivity index (χ1n) is 7.64. The van der Waals surface area contributed by atoms with Crippen LogP contribution in [0.3, 0.4) is 0 Å². The average molecular weight is 367 g/mol. The number of urea groups is 1. The smallest absolute Gasteiger partial charge is 0.317 e. The van der Waals surface area contributed by atoms with Gasteiger partial charge in [0.15, 0.2) is 0 Å². The molecule has 0 spiro atoms. The molecule has 122 valence electrons. The summed E-state index contributed by atoms with van der Waals surface area (Å²) in [7, 11) is 0. The minimum atomic E-state index is 0.0207. The number of amides is 2. The van der Waals surface area contributed by atoms with Gasteiger partial charge in [0.1, 0.15) is 0 Å². The topological polar surface area (TPSA) is 32.3 Å². The molecule has 0 bridgehead atoms. The summed E-state index contributed by atoms with van der Waals surface area (Å²) in [5.74, 6) is 0.983. The Balaban J connectivity index is 1.50. The standard InChI is InChI=1S/C17H19ClN2OS2/c18-14-5-3-13(4-6-14)12-19-17(21)20-8-7-16(23-11-9-20)15-2-1-10-22-15/h1-6,10,16H,7-9,11-12H2,(H,19,21). The molecule has 2 aromatic rings. The molecule has 0 saturated carbocycles. The van der Waals surface area contributed by atoms with Crippen LogP contribution in [-0.2, 0) is 6.54 Å². The zero-order valence-electron chi connectivity index (χ0n) is 12.7. The maximum Gasteiger partial charge on any atom is 0.317 e. The number of carbonyl (C=O) groups is 1. The van der Waals surface area contributed by atoms with Crippen LogP contribution in [-0.4, -0.2) is 29.8 Å². The zero-order valence-corrected chi connectivity index (χ0v) is 15.1. The normalized spacial score (nSPS) is 18.5. The van der Waals surface area contributed by atoms with Crippen LogP contribution in [0.2, 0.25) is 5.02 Å². The van der Waals surface area contributed by atoms with E-state index in [2.05, 4.69) is 22.8 Å². The van der Waals surface area contributed by atoms with Crippen LogP contribution in [0.1, 0.15) is 22.1 Å². The molecule has 1 aromatic heterocycles. The fourth-order valence-corrected chi connectivity index (χ4v) is 4.93. The Kier molecular flexibility index (Phi) is 5.86. The van der Waals surface area contributed by atoms with E-state index in [-0.39, 0.29) is 6.03 Å². The summed E-state index contributed by atoms with van der Waals surface area (Å²) in [4.78, 5) is 15.7. The van der Waals surface area contributed by atoms with Crippen LogP contribution in [0, 0.1) is 0 Å². The lowest BCUT2D eigenvalue weighted by molar-refractivity contribution is 0.200. The first-order chi connectivity index (χ1) is 11.2. The summed E-state index contributed by atoms with van der Waals surface area (Å²) in [6, 6.07) is 11.9. The highest BCUT2D eigenvalue weighted by Gasteiger charge is 2.22. The fraction of sp³-hybridized carbons (Fsp3) is 0.353. The molecule has 6 heteroatoms. The Morgan fingerprint density at radius 1 is 1.26 bits per heavy atom. The van der Waals surface area contributed by atoms with Gasteiger partial charge in [-0.05, 0) is 35.6 Å². The quantitative estimate of drug-likeness (QED) is 0.846. The van der Waals surface area contributed by atoms with Crippen LogP contribution in [0.5, 0.6) is 0 Å². The Morgan fingerprint density at radius 3 is 2.83 bits per heavy atom. The van der Waals surface area contributed by atoms with Crippen molar-refractivity contribution in [2.24, 2.45) is 0 Å². The highest BCUT2D eigenvalue weighted by atomic mass is 35.5. The summed E-state index contributed by atoms with van der Waals surface area (Å²) in [6.07, 6.45) is 1.01. The van der Waals surface area contributed by atoms with Gasteiger partial charge in [0, 0.05) is 40.5 Å².